The number of nitrogens with zero attached hydrogens (tertiary/aromatic N) is 2. The van der Waals surface area contributed by atoms with E-state index in [4.69, 9.17) is 9.84 Å². The zero-order chi connectivity index (χ0) is 18.4. The van der Waals surface area contributed by atoms with E-state index in [1.54, 1.807) is 12.1 Å². The highest BCUT2D eigenvalue weighted by Crippen LogP contribution is 2.47. The minimum Gasteiger partial charge on any atom is -0.464 e. The van der Waals surface area contributed by atoms with Gasteiger partial charge in [-0.1, -0.05) is 58.4 Å². The van der Waals surface area contributed by atoms with Crippen LogP contribution in [0.25, 0.3) is 0 Å². The molecule has 0 radical (unpaired) electrons. The van der Waals surface area contributed by atoms with Gasteiger partial charge in [-0.05, 0) is 35.9 Å². The maximum Gasteiger partial charge on any atom is 0.213 e. The van der Waals surface area contributed by atoms with Gasteiger partial charge in [0.15, 0.2) is 0 Å². The number of benzene rings is 3. The van der Waals surface area contributed by atoms with Gasteiger partial charge < -0.3 is 4.74 Å². The van der Waals surface area contributed by atoms with Crippen molar-refractivity contribution in [3.8, 4) is 5.75 Å². The summed E-state index contributed by atoms with van der Waals surface area (Å²) in [7, 11) is 0. The van der Waals surface area contributed by atoms with E-state index < -0.39 is 0 Å². The second-order valence-corrected chi connectivity index (χ2v) is 7.63. The molecule has 0 saturated carbocycles. The lowest BCUT2D eigenvalue weighted by molar-refractivity contribution is -0.0190. The van der Waals surface area contributed by atoms with Crippen molar-refractivity contribution in [2.75, 3.05) is 0 Å². The summed E-state index contributed by atoms with van der Waals surface area (Å²) in [5.74, 6) is 0.648. The van der Waals surface area contributed by atoms with E-state index in [1.807, 2.05) is 41.4 Å². The van der Waals surface area contributed by atoms with Gasteiger partial charge >= 0.3 is 0 Å². The third-order valence-corrected chi connectivity index (χ3v) is 5.50. The van der Waals surface area contributed by atoms with Gasteiger partial charge in [0.05, 0.1) is 11.8 Å². The molecule has 134 valence electrons. The fourth-order valence-corrected chi connectivity index (χ4v) is 4.15. The highest BCUT2D eigenvalue weighted by atomic mass is 79.9. The first-order chi connectivity index (χ1) is 13.2. The number of ether oxygens (including phenoxy) is 1. The average molecular weight is 423 g/mol. The molecule has 0 aliphatic carbocycles. The molecule has 2 atom stereocenters. The standard InChI is InChI=1S/C22H16BrFN2O/c23-16-5-3-4-15(12-16)22-26-20(18-6-1-2-7-21(18)27-22)13-19(25-26)14-8-10-17(24)11-9-14/h1-12,20,22H,13H2/t20-,22-/m1/s1. The Bertz CT molecular complexity index is 1030. The van der Waals surface area contributed by atoms with Gasteiger partial charge in [0, 0.05) is 22.0 Å². The second-order valence-electron chi connectivity index (χ2n) is 6.72. The Hall–Kier alpha value is -2.66. The maximum absolute atomic E-state index is 13.3. The van der Waals surface area contributed by atoms with E-state index in [0.29, 0.717) is 0 Å². The number of rotatable bonds is 2. The van der Waals surface area contributed by atoms with E-state index in [1.165, 1.54) is 12.1 Å². The van der Waals surface area contributed by atoms with E-state index in [-0.39, 0.29) is 18.1 Å². The van der Waals surface area contributed by atoms with Gasteiger partial charge in [-0.25, -0.2) is 9.40 Å². The Morgan fingerprint density at radius 3 is 2.63 bits per heavy atom. The molecule has 2 aliphatic heterocycles. The fourth-order valence-electron chi connectivity index (χ4n) is 3.73. The number of hydrogen-bond donors (Lipinski definition) is 0. The predicted octanol–water partition coefficient (Wildman–Crippen LogP) is 5.83. The Morgan fingerprint density at radius 2 is 1.81 bits per heavy atom. The Balaban J connectivity index is 1.60. The molecular formula is C22H16BrFN2O. The Labute approximate surface area is 165 Å². The number of halogens is 2. The smallest absolute Gasteiger partial charge is 0.213 e. The van der Waals surface area contributed by atoms with Crippen molar-refractivity contribution in [1.29, 1.82) is 0 Å². The van der Waals surface area contributed by atoms with Crippen molar-refractivity contribution in [2.24, 2.45) is 5.10 Å². The maximum atomic E-state index is 13.3. The first-order valence-corrected chi connectivity index (χ1v) is 9.61. The van der Waals surface area contributed by atoms with E-state index in [2.05, 4.69) is 28.1 Å². The Morgan fingerprint density at radius 1 is 1.00 bits per heavy atom. The Kier molecular flexibility index (Phi) is 3.97. The van der Waals surface area contributed by atoms with Crippen LogP contribution in [-0.2, 0) is 0 Å². The first kappa shape index (κ1) is 16.5. The summed E-state index contributed by atoms with van der Waals surface area (Å²) < 4.78 is 20.6. The third kappa shape index (κ3) is 2.92. The van der Waals surface area contributed by atoms with Crippen molar-refractivity contribution in [2.45, 2.75) is 18.7 Å². The second kappa shape index (κ2) is 6.50. The molecule has 3 aromatic rings. The van der Waals surface area contributed by atoms with Crippen LogP contribution >= 0.6 is 15.9 Å². The van der Waals surface area contributed by atoms with Crippen LogP contribution in [0.3, 0.4) is 0 Å². The molecule has 0 unspecified atom stereocenters. The summed E-state index contributed by atoms with van der Waals surface area (Å²) in [6.45, 7) is 0. The summed E-state index contributed by atoms with van der Waals surface area (Å²) in [5.41, 5.74) is 4.05. The van der Waals surface area contributed by atoms with Crippen LogP contribution in [0.2, 0.25) is 0 Å². The van der Waals surface area contributed by atoms with Gasteiger partial charge in [0.25, 0.3) is 0 Å². The lowest BCUT2D eigenvalue weighted by atomic mass is 9.96. The molecule has 3 aromatic carbocycles. The van der Waals surface area contributed by atoms with E-state index in [0.717, 1.165) is 39.0 Å². The molecule has 0 N–H and O–H groups in total. The molecule has 5 rings (SSSR count). The summed E-state index contributed by atoms with van der Waals surface area (Å²) in [6, 6.07) is 22.8. The predicted molar refractivity (Wildman–Crippen MR) is 106 cm³/mol. The first-order valence-electron chi connectivity index (χ1n) is 8.82. The van der Waals surface area contributed by atoms with Gasteiger partial charge in [-0.15, -0.1) is 0 Å². The quantitative estimate of drug-likeness (QED) is 0.518. The number of hydrazone groups is 1. The molecule has 2 aliphatic rings. The van der Waals surface area contributed by atoms with Crippen molar-refractivity contribution < 1.29 is 9.13 Å². The molecule has 27 heavy (non-hydrogen) atoms. The van der Waals surface area contributed by atoms with Gasteiger partial charge in [0.2, 0.25) is 6.23 Å². The van der Waals surface area contributed by atoms with Crippen LogP contribution in [-0.4, -0.2) is 10.7 Å². The normalized spacial score (nSPS) is 20.5. The monoisotopic (exact) mass is 422 g/mol. The van der Waals surface area contributed by atoms with Crippen LogP contribution in [0, 0.1) is 5.82 Å². The summed E-state index contributed by atoms with van der Waals surface area (Å²) >= 11 is 3.54. The summed E-state index contributed by atoms with van der Waals surface area (Å²) in [5, 5.41) is 6.91. The number of fused-ring (bicyclic) bond motifs is 3. The van der Waals surface area contributed by atoms with Crippen LogP contribution in [0.1, 0.15) is 35.4 Å². The highest BCUT2D eigenvalue weighted by Gasteiger charge is 2.40. The minimum atomic E-state index is -0.305. The molecule has 0 fully saturated rings. The van der Waals surface area contributed by atoms with Crippen LogP contribution in [0.15, 0.2) is 82.4 Å². The SMILES string of the molecule is Fc1ccc(C2=NN3[C@H](C2)c2ccccc2O[C@@H]3c2cccc(Br)c2)cc1. The summed E-state index contributed by atoms with van der Waals surface area (Å²) in [4.78, 5) is 0. The zero-order valence-electron chi connectivity index (χ0n) is 14.3. The van der Waals surface area contributed by atoms with Crippen molar-refractivity contribution >= 4 is 21.6 Å². The van der Waals surface area contributed by atoms with Crippen LogP contribution < -0.4 is 4.74 Å². The average Bonchev–Trinajstić information content (AvgIpc) is 3.13. The highest BCUT2D eigenvalue weighted by molar-refractivity contribution is 9.10. The minimum absolute atomic E-state index is 0.0963. The molecular weight excluding hydrogens is 407 g/mol. The lowest BCUT2D eigenvalue weighted by Crippen LogP contribution is -2.33. The molecule has 0 bridgehead atoms. The van der Waals surface area contributed by atoms with Crippen LogP contribution in [0.4, 0.5) is 4.39 Å². The molecule has 0 saturated heterocycles. The zero-order valence-corrected chi connectivity index (χ0v) is 15.9. The molecule has 0 spiro atoms. The number of para-hydroxylation sites is 1. The number of hydrogen-bond acceptors (Lipinski definition) is 3. The van der Waals surface area contributed by atoms with E-state index >= 15 is 0 Å². The van der Waals surface area contributed by atoms with Gasteiger partial charge in [0.1, 0.15) is 11.6 Å². The van der Waals surface area contributed by atoms with Crippen molar-refractivity contribution in [1.82, 2.24) is 5.01 Å². The van der Waals surface area contributed by atoms with Gasteiger partial charge in [-0.3, -0.25) is 0 Å². The van der Waals surface area contributed by atoms with Crippen molar-refractivity contribution in [3.05, 3.63) is 99.8 Å². The van der Waals surface area contributed by atoms with Gasteiger partial charge in [-0.2, -0.15) is 5.10 Å². The molecule has 0 aromatic heterocycles. The molecule has 2 heterocycles. The topological polar surface area (TPSA) is 24.8 Å². The molecule has 5 heteroatoms. The molecule has 0 amide bonds. The third-order valence-electron chi connectivity index (χ3n) is 5.01. The van der Waals surface area contributed by atoms with Crippen molar-refractivity contribution in [3.63, 3.8) is 0 Å². The largest absolute Gasteiger partial charge is 0.464 e. The van der Waals surface area contributed by atoms with Crippen LogP contribution in [0.5, 0.6) is 5.75 Å². The fraction of sp³-hybridized carbons (Fsp3) is 0.136. The molecule has 3 nitrogen and oxygen atoms in total. The lowest BCUT2D eigenvalue weighted by Gasteiger charge is -2.38. The summed E-state index contributed by atoms with van der Waals surface area (Å²) in [6.07, 6.45) is 0.455. The van der Waals surface area contributed by atoms with E-state index in [9.17, 15) is 4.39 Å².